The Balaban J connectivity index is 1.75. The summed E-state index contributed by atoms with van der Waals surface area (Å²) in [6.45, 7) is 1.15. The standard InChI is InChI=1S/C18H18ClFN6O3/c1-25-14-8-22-17(23-13-7-12(20)10(15(21)27)6-11(13)19)24-16(14)26(18(25)28)9-2-4-29-5-3-9/h6-9H,2-5H2,1H3,(H2,21,27)(H,22,23,24). The van der Waals surface area contributed by atoms with Crippen molar-refractivity contribution >= 4 is 40.3 Å². The molecule has 4 rings (SSSR count). The van der Waals surface area contributed by atoms with Crippen LogP contribution in [0.1, 0.15) is 29.2 Å². The highest BCUT2D eigenvalue weighted by Gasteiger charge is 2.23. The monoisotopic (exact) mass is 420 g/mol. The van der Waals surface area contributed by atoms with Crippen molar-refractivity contribution in [3.63, 3.8) is 0 Å². The van der Waals surface area contributed by atoms with Gasteiger partial charge >= 0.3 is 5.69 Å². The van der Waals surface area contributed by atoms with E-state index in [1.165, 1.54) is 10.8 Å². The third kappa shape index (κ3) is 3.45. The first-order valence-corrected chi connectivity index (χ1v) is 9.32. The highest BCUT2D eigenvalue weighted by molar-refractivity contribution is 6.33. The molecule has 0 unspecified atom stereocenters. The van der Waals surface area contributed by atoms with Crippen LogP contribution in [0.15, 0.2) is 23.1 Å². The summed E-state index contributed by atoms with van der Waals surface area (Å²) < 4.78 is 22.6. The predicted molar refractivity (Wildman–Crippen MR) is 105 cm³/mol. The van der Waals surface area contributed by atoms with Crippen molar-refractivity contribution in [2.45, 2.75) is 18.9 Å². The van der Waals surface area contributed by atoms with Crippen molar-refractivity contribution in [1.82, 2.24) is 19.1 Å². The molecule has 0 bridgehead atoms. The van der Waals surface area contributed by atoms with Crippen molar-refractivity contribution in [1.29, 1.82) is 0 Å². The zero-order chi connectivity index (χ0) is 20.7. The van der Waals surface area contributed by atoms with E-state index in [-0.39, 0.29) is 34.0 Å². The molecule has 3 aromatic rings. The second-order valence-corrected chi connectivity index (χ2v) is 7.17. The number of carbonyl (C=O) groups is 1. The summed E-state index contributed by atoms with van der Waals surface area (Å²) in [5, 5.41) is 2.92. The molecule has 29 heavy (non-hydrogen) atoms. The lowest BCUT2D eigenvalue weighted by Crippen LogP contribution is -2.30. The van der Waals surface area contributed by atoms with E-state index < -0.39 is 11.7 Å². The van der Waals surface area contributed by atoms with Gasteiger partial charge in [-0.3, -0.25) is 13.9 Å². The van der Waals surface area contributed by atoms with Gasteiger partial charge in [0, 0.05) is 26.3 Å². The Morgan fingerprint density at radius 1 is 1.38 bits per heavy atom. The molecule has 1 aliphatic rings. The fourth-order valence-corrected chi connectivity index (χ4v) is 3.63. The van der Waals surface area contributed by atoms with E-state index in [9.17, 15) is 14.0 Å². The second kappa shape index (κ2) is 7.45. The number of halogens is 2. The number of ether oxygens (including phenoxy) is 1. The van der Waals surface area contributed by atoms with E-state index in [1.807, 2.05) is 0 Å². The van der Waals surface area contributed by atoms with Gasteiger partial charge < -0.3 is 15.8 Å². The summed E-state index contributed by atoms with van der Waals surface area (Å²) in [5.41, 5.74) is 5.84. The molecular formula is C18H18ClFN6O3. The molecule has 0 atom stereocenters. The van der Waals surface area contributed by atoms with Gasteiger partial charge in [0.05, 0.1) is 22.5 Å². The molecule has 11 heteroatoms. The van der Waals surface area contributed by atoms with E-state index in [1.54, 1.807) is 11.6 Å². The first-order chi connectivity index (χ1) is 13.9. The highest BCUT2D eigenvalue weighted by atomic mass is 35.5. The number of aromatic nitrogens is 4. The van der Waals surface area contributed by atoms with Crippen LogP contribution in [0, 0.1) is 5.82 Å². The van der Waals surface area contributed by atoms with E-state index >= 15 is 0 Å². The van der Waals surface area contributed by atoms with Crippen LogP contribution in [-0.4, -0.2) is 38.2 Å². The summed E-state index contributed by atoms with van der Waals surface area (Å²) in [4.78, 5) is 32.6. The van der Waals surface area contributed by atoms with Crippen LogP contribution in [0.3, 0.4) is 0 Å². The van der Waals surface area contributed by atoms with Crippen LogP contribution in [0.25, 0.3) is 11.2 Å². The number of amides is 1. The van der Waals surface area contributed by atoms with Crippen molar-refractivity contribution in [2.24, 2.45) is 12.8 Å². The molecule has 1 amide bonds. The van der Waals surface area contributed by atoms with Crippen LogP contribution in [0.4, 0.5) is 16.0 Å². The van der Waals surface area contributed by atoms with Gasteiger partial charge in [0.15, 0.2) is 5.65 Å². The number of aryl methyl sites for hydroxylation is 1. The van der Waals surface area contributed by atoms with Gasteiger partial charge in [-0.15, -0.1) is 0 Å². The van der Waals surface area contributed by atoms with E-state index in [0.717, 1.165) is 12.1 Å². The van der Waals surface area contributed by atoms with Gasteiger partial charge in [-0.2, -0.15) is 4.98 Å². The van der Waals surface area contributed by atoms with Crippen molar-refractivity contribution in [3.05, 3.63) is 45.2 Å². The van der Waals surface area contributed by atoms with Gasteiger partial charge in [-0.05, 0) is 25.0 Å². The number of nitrogens with zero attached hydrogens (tertiary/aromatic N) is 4. The Hall–Kier alpha value is -2.98. The number of hydrogen-bond donors (Lipinski definition) is 2. The number of imidazole rings is 1. The average molecular weight is 421 g/mol. The van der Waals surface area contributed by atoms with E-state index in [2.05, 4.69) is 15.3 Å². The van der Waals surface area contributed by atoms with Crippen LogP contribution < -0.4 is 16.7 Å². The summed E-state index contributed by atoms with van der Waals surface area (Å²) >= 11 is 6.13. The predicted octanol–water partition coefficient (Wildman–Crippen LogP) is 2.12. The maximum atomic E-state index is 14.1. The Labute approximate surface area is 169 Å². The van der Waals surface area contributed by atoms with E-state index in [0.29, 0.717) is 37.2 Å². The maximum absolute atomic E-state index is 14.1. The molecule has 3 N–H and O–H groups in total. The maximum Gasteiger partial charge on any atom is 0.330 e. The molecular weight excluding hydrogens is 403 g/mol. The lowest BCUT2D eigenvalue weighted by molar-refractivity contribution is 0.0695. The zero-order valence-corrected chi connectivity index (χ0v) is 16.2. The fourth-order valence-electron chi connectivity index (χ4n) is 3.42. The number of rotatable bonds is 4. The van der Waals surface area contributed by atoms with Crippen molar-refractivity contribution in [3.8, 4) is 0 Å². The zero-order valence-electron chi connectivity index (χ0n) is 15.5. The minimum atomic E-state index is -0.918. The molecule has 1 fully saturated rings. The van der Waals surface area contributed by atoms with Crippen LogP contribution in [-0.2, 0) is 11.8 Å². The Kier molecular flexibility index (Phi) is 4.97. The molecule has 9 nitrogen and oxygen atoms in total. The molecule has 2 aromatic heterocycles. The largest absolute Gasteiger partial charge is 0.381 e. The van der Waals surface area contributed by atoms with Gasteiger partial charge in [0.1, 0.15) is 11.3 Å². The number of fused-ring (bicyclic) bond motifs is 1. The average Bonchev–Trinajstić information content (AvgIpc) is 2.95. The number of benzene rings is 1. The summed E-state index contributed by atoms with van der Waals surface area (Å²) in [5.74, 6) is -1.60. The second-order valence-electron chi connectivity index (χ2n) is 6.76. The molecule has 1 saturated heterocycles. The minimum absolute atomic E-state index is 0.0291. The number of primary amides is 1. The minimum Gasteiger partial charge on any atom is -0.381 e. The number of carbonyl (C=O) groups excluding carboxylic acids is 1. The van der Waals surface area contributed by atoms with Crippen LogP contribution in [0.2, 0.25) is 5.02 Å². The van der Waals surface area contributed by atoms with Gasteiger partial charge in [0.2, 0.25) is 5.95 Å². The molecule has 152 valence electrons. The summed E-state index contributed by atoms with van der Waals surface area (Å²) in [7, 11) is 1.66. The Bertz CT molecular complexity index is 1170. The highest BCUT2D eigenvalue weighted by Crippen LogP contribution is 2.28. The number of nitrogens with two attached hydrogens (primary N) is 1. The summed E-state index contributed by atoms with van der Waals surface area (Å²) in [6, 6.07) is 2.16. The lowest BCUT2D eigenvalue weighted by Gasteiger charge is -2.22. The smallest absolute Gasteiger partial charge is 0.330 e. The summed E-state index contributed by atoms with van der Waals surface area (Å²) in [6.07, 6.45) is 2.93. The molecule has 0 spiro atoms. The van der Waals surface area contributed by atoms with Gasteiger partial charge in [0.25, 0.3) is 5.91 Å². The third-order valence-electron chi connectivity index (χ3n) is 4.96. The fraction of sp³-hybridized carbons (Fsp3) is 0.333. The Morgan fingerprint density at radius 3 is 2.79 bits per heavy atom. The SMILES string of the molecule is Cn1c(=O)n(C2CCOCC2)c2nc(Nc3cc(F)c(C(N)=O)cc3Cl)ncc21. The molecule has 3 heterocycles. The van der Waals surface area contributed by atoms with Crippen molar-refractivity contribution in [2.75, 3.05) is 18.5 Å². The number of anilines is 2. The molecule has 1 aliphatic heterocycles. The number of hydrogen-bond acceptors (Lipinski definition) is 6. The van der Waals surface area contributed by atoms with Crippen molar-refractivity contribution < 1.29 is 13.9 Å². The molecule has 1 aromatic carbocycles. The Morgan fingerprint density at radius 2 is 2.10 bits per heavy atom. The van der Waals surface area contributed by atoms with Gasteiger partial charge in [-0.25, -0.2) is 14.2 Å². The first-order valence-electron chi connectivity index (χ1n) is 8.94. The molecule has 0 saturated carbocycles. The van der Waals surface area contributed by atoms with E-state index in [4.69, 9.17) is 22.1 Å². The normalized spacial score (nSPS) is 15.0. The quantitative estimate of drug-likeness (QED) is 0.667. The molecule has 0 radical (unpaired) electrons. The van der Waals surface area contributed by atoms with Crippen LogP contribution in [0.5, 0.6) is 0 Å². The first kappa shape index (κ1) is 19.3. The number of nitrogens with one attached hydrogen (secondary N) is 1. The lowest BCUT2D eigenvalue weighted by atomic mass is 10.1. The third-order valence-corrected chi connectivity index (χ3v) is 5.27. The molecule has 0 aliphatic carbocycles. The van der Waals surface area contributed by atoms with Crippen LogP contribution >= 0.6 is 11.6 Å². The van der Waals surface area contributed by atoms with Gasteiger partial charge in [-0.1, -0.05) is 11.6 Å². The topological polar surface area (TPSA) is 117 Å².